The second-order valence-electron chi connectivity index (χ2n) is 27.0. The van der Waals surface area contributed by atoms with Crippen molar-refractivity contribution in [3.8, 4) is 17.6 Å². The van der Waals surface area contributed by atoms with Crippen LogP contribution in [0.15, 0.2) is 142 Å². The highest BCUT2D eigenvalue weighted by atomic mass is 16.6. The summed E-state index contributed by atoms with van der Waals surface area (Å²) >= 11 is 0. The molecule has 13 atom stereocenters. The van der Waals surface area contributed by atoms with Gasteiger partial charge in [0, 0.05) is 72.2 Å². The Morgan fingerprint density at radius 1 is 0.809 bits per heavy atom. The highest BCUT2D eigenvalue weighted by molar-refractivity contribution is 5.91. The Morgan fingerprint density at radius 3 is 2.52 bits per heavy atom. The van der Waals surface area contributed by atoms with Gasteiger partial charge in [0.15, 0.2) is 17.8 Å². The fraction of sp³-hybridized carbons (Fsp3) is 0.423. The van der Waals surface area contributed by atoms with E-state index < -0.39 is 47.9 Å². The third-order valence-corrected chi connectivity index (χ3v) is 22.8. The summed E-state index contributed by atoms with van der Waals surface area (Å²) in [7, 11) is 1.52. The quantitative estimate of drug-likeness (QED) is 0.0415. The third-order valence-electron chi connectivity index (χ3n) is 22.8. The van der Waals surface area contributed by atoms with E-state index in [2.05, 4.69) is 133 Å². The molecule has 1 aromatic heterocycles. The lowest BCUT2D eigenvalue weighted by Crippen LogP contribution is -2.61. The van der Waals surface area contributed by atoms with Crippen molar-refractivity contribution in [2.24, 2.45) is 29.6 Å². The molecule has 5 aromatic carbocycles. The maximum atomic E-state index is 16.1. The summed E-state index contributed by atoms with van der Waals surface area (Å²) in [6.45, 7) is 0.663. The molecule has 4 bridgehead atoms. The highest BCUT2D eigenvalue weighted by Crippen LogP contribution is 2.62. The van der Waals surface area contributed by atoms with E-state index in [-0.39, 0.29) is 115 Å². The predicted molar refractivity (Wildman–Crippen MR) is 341 cm³/mol. The summed E-state index contributed by atoms with van der Waals surface area (Å²) in [5.41, 5.74) is 11.5. The highest BCUT2D eigenvalue weighted by Gasteiger charge is 2.64. The number of aryl methyl sites for hydroxylation is 1. The lowest BCUT2D eigenvalue weighted by molar-refractivity contribution is -0.205. The molecule has 2 saturated carbocycles. The van der Waals surface area contributed by atoms with E-state index in [1.165, 1.54) is 52.5 Å². The standard InChI is InChI=1S/C78H78O11/c1-45(42-80)55-26-21-47-23-28-60-58-27-24-50(49-14-11-16-54(39-49)77-35-9-7-15-53(77)25-20-48-13-4-6-19-66(48)77)38-52(58)40-69(82)86-73-71-68(33-32-63-65(43-81)70(76(84)87-72(63)71)51(34-37-79)44-85-2)89-78(74(73)88-75(55)83)36-10-8-18-59(60)57(47)30-31-62-61-29-22-46-12-3-5-17-56(46)64(61)41-67(62)78/h3-6,11-14,16-17,19-20,22-25,27-29,32-33,39,50-53,58,61-62,64,67,73-74,79-81H,7,9,15,18,21,26,30-31,34-38,40-44H2,1-2H3. The van der Waals surface area contributed by atoms with Crippen molar-refractivity contribution in [2.75, 3.05) is 26.9 Å². The molecule has 15 rings (SSSR count). The van der Waals surface area contributed by atoms with Gasteiger partial charge < -0.3 is 38.7 Å². The number of aliphatic hydroxyl groups excluding tert-OH is 3. The molecule has 13 unspecified atom stereocenters. The summed E-state index contributed by atoms with van der Waals surface area (Å²) in [6, 6.07) is 34.9. The SMILES string of the molecule is COCC(CCO)c1c(CO)c2ccc3c(c2oc1=O)C1OC(=O)CC2CC(c4cccc(C56CCCCC5C=Cc5ccccc56)c4)C=CC2c2ccc4c5c2CC#CCC(O3)(C2CC3c6ccccc6C=CC3C2CC5)C1OC(=O)C(=C(C)CO)CC4. The lowest BCUT2D eigenvalue weighted by atomic mass is 9.56. The van der Waals surface area contributed by atoms with Crippen LogP contribution in [0.5, 0.6) is 5.75 Å². The number of ether oxygens (including phenoxy) is 4. The van der Waals surface area contributed by atoms with Gasteiger partial charge >= 0.3 is 17.6 Å². The zero-order chi connectivity index (χ0) is 60.7. The molecule has 2 fully saturated rings. The maximum Gasteiger partial charge on any atom is 0.340 e. The maximum absolute atomic E-state index is 16.1. The van der Waals surface area contributed by atoms with Gasteiger partial charge in [-0.15, -0.1) is 0 Å². The van der Waals surface area contributed by atoms with Crippen molar-refractivity contribution >= 4 is 35.1 Å². The Labute approximate surface area is 520 Å². The number of hydrogen-bond donors (Lipinski definition) is 3. The molecule has 1 spiro atoms. The molecular formula is C78H78O11. The summed E-state index contributed by atoms with van der Waals surface area (Å²) in [4.78, 5) is 46.8. The van der Waals surface area contributed by atoms with Gasteiger partial charge in [0.2, 0.25) is 0 Å². The number of hydrogen-bond acceptors (Lipinski definition) is 11. The van der Waals surface area contributed by atoms with Gasteiger partial charge in [-0.2, -0.15) is 0 Å². The molecule has 456 valence electrons. The van der Waals surface area contributed by atoms with Gasteiger partial charge in [-0.1, -0.05) is 146 Å². The van der Waals surface area contributed by atoms with Crippen LogP contribution in [0.4, 0.5) is 0 Å². The Kier molecular flexibility index (Phi) is 15.2. The normalized spacial score (nSPS) is 30.4. The Morgan fingerprint density at radius 2 is 1.66 bits per heavy atom. The van der Waals surface area contributed by atoms with Crippen molar-refractivity contribution in [1.29, 1.82) is 0 Å². The van der Waals surface area contributed by atoms with Crippen LogP contribution in [0, 0.1) is 41.4 Å². The minimum atomic E-state index is -1.46. The molecule has 11 nitrogen and oxygen atoms in total. The summed E-state index contributed by atoms with van der Waals surface area (Å²) in [5, 5.41) is 33.0. The van der Waals surface area contributed by atoms with Crippen molar-refractivity contribution < 1.29 is 48.3 Å². The van der Waals surface area contributed by atoms with Crippen LogP contribution < -0.4 is 10.4 Å². The molecule has 0 radical (unpaired) electrons. The number of esters is 2. The molecule has 3 N–H and O–H groups in total. The van der Waals surface area contributed by atoms with Crippen molar-refractivity contribution in [1.82, 2.24) is 0 Å². The van der Waals surface area contributed by atoms with E-state index in [1.807, 2.05) is 6.07 Å². The Hall–Kier alpha value is -7.59. The number of aliphatic hydroxyl groups is 3. The van der Waals surface area contributed by atoms with Crippen molar-refractivity contribution in [3.05, 3.63) is 215 Å². The van der Waals surface area contributed by atoms with E-state index in [0.29, 0.717) is 53.9 Å². The number of carbonyl (C=O) groups excluding carboxylic acids is 2. The van der Waals surface area contributed by atoms with Crippen LogP contribution in [-0.4, -0.2) is 65.9 Å². The van der Waals surface area contributed by atoms with Crippen LogP contribution in [-0.2, 0) is 55.1 Å². The van der Waals surface area contributed by atoms with Crippen LogP contribution in [0.2, 0.25) is 0 Å². The molecule has 0 amide bonds. The van der Waals surface area contributed by atoms with Crippen LogP contribution in [0.25, 0.3) is 23.1 Å². The second-order valence-corrected chi connectivity index (χ2v) is 27.0. The van der Waals surface area contributed by atoms with Crippen LogP contribution >= 0.6 is 0 Å². The van der Waals surface area contributed by atoms with Crippen LogP contribution in [0.1, 0.15) is 180 Å². The number of rotatable bonds is 9. The Bertz CT molecular complexity index is 4090. The molecule has 3 aliphatic heterocycles. The Balaban J connectivity index is 0.953. The first-order valence-corrected chi connectivity index (χ1v) is 32.7. The van der Waals surface area contributed by atoms with E-state index in [9.17, 15) is 20.1 Å². The van der Waals surface area contributed by atoms with Gasteiger partial charge in [-0.25, -0.2) is 9.59 Å². The van der Waals surface area contributed by atoms with Gasteiger partial charge in [0.25, 0.3) is 0 Å². The molecular weight excluding hydrogens is 1110 g/mol. The summed E-state index contributed by atoms with van der Waals surface area (Å²) in [5.74, 6) is 5.61. The van der Waals surface area contributed by atoms with Crippen LogP contribution in [0.3, 0.4) is 0 Å². The first-order chi connectivity index (χ1) is 43.5. The predicted octanol–water partition coefficient (Wildman–Crippen LogP) is 13.3. The van der Waals surface area contributed by atoms with E-state index in [0.717, 1.165) is 48.8 Å². The van der Waals surface area contributed by atoms with Gasteiger partial charge in [-0.3, -0.25) is 4.79 Å². The second kappa shape index (κ2) is 23.3. The molecule has 89 heavy (non-hydrogen) atoms. The molecule has 0 saturated heterocycles. The lowest BCUT2D eigenvalue weighted by Gasteiger charge is -2.51. The smallest absolute Gasteiger partial charge is 0.340 e. The summed E-state index contributed by atoms with van der Waals surface area (Å²) < 4.78 is 34.4. The van der Waals surface area contributed by atoms with Crippen molar-refractivity contribution in [3.63, 3.8) is 0 Å². The average molecular weight is 1190 g/mol. The number of fused-ring (bicyclic) bond motifs is 15. The first kappa shape index (κ1) is 57.8. The van der Waals surface area contributed by atoms with E-state index in [1.54, 1.807) is 13.0 Å². The average Bonchev–Trinajstić information content (AvgIpc) is 1.79. The first-order valence-electron chi connectivity index (χ1n) is 32.7. The van der Waals surface area contributed by atoms with Gasteiger partial charge in [0.05, 0.1) is 31.8 Å². The largest absolute Gasteiger partial charge is 0.481 e. The fourth-order valence-corrected chi connectivity index (χ4v) is 18.7. The third kappa shape index (κ3) is 9.48. The number of benzene rings is 5. The topological polar surface area (TPSA) is 162 Å². The minimum absolute atomic E-state index is 0.00506. The number of carbonyl (C=O) groups is 2. The molecule has 11 heteroatoms. The number of allylic oxidation sites excluding steroid dienone is 4. The van der Waals surface area contributed by atoms with Gasteiger partial charge in [0.1, 0.15) is 11.3 Å². The zero-order valence-corrected chi connectivity index (χ0v) is 50.9. The monoisotopic (exact) mass is 1190 g/mol. The van der Waals surface area contributed by atoms with E-state index in [4.69, 9.17) is 23.4 Å². The zero-order valence-electron chi connectivity index (χ0n) is 50.9. The van der Waals surface area contributed by atoms with Gasteiger partial charge in [-0.05, 0) is 173 Å². The minimum Gasteiger partial charge on any atom is -0.481 e. The number of methoxy groups -OCH3 is 1. The molecule has 6 aromatic rings. The van der Waals surface area contributed by atoms with E-state index >= 15 is 9.59 Å². The molecule has 6 aliphatic carbocycles. The fourth-order valence-electron chi connectivity index (χ4n) is 18.7. The summed E-state index contributed by atoms with van der Waals surface area (Å²) in [6.07, 6.45) is 20.3. The van der Waals surface area contributed by atoms with Crippen molar-refractivity contribution in [2.45, 2.75) is 150 Å². The molecule has 9 aliphatic rings. The molecule has 4 heterocycles.